The summed E-state index contributed by atoms with van der Waals surface area (Å²) in [5.74, 6) is -2.41. The number of ether oxygens (including phenoxy) is 1. The number of nitrogens with one attached hydrogen (secondary N) is 1. The van der Waals surface area contributed by atoms with Gasteiger partial charge in [0.05, 0.1) is 5.69 Å². The fourth-order valence-electron chi connectivity index (χ4n) is 2.08. The van der Waals surface area contributed by atoms with E-state index in [-0.39, 0.29) is 29.6 Å². The largest absolute Gasteiger partial charge is 0.506 e. The molecule has 0 radical (unpaired) electrons. The van der Waals surface area contributed by atoms with Gasteiger partial charge in [0.1, 0.15) is 11.6 Å². The molecule has 0 aliphatic carbocycles. The van der Waals surface area contributed by atoms with Crippen LogP contribution in [0.25, 0.3) is 0 Å². The molecule has 2 N–H and O–H groups in total. The number of hydrogen-bond donors (Lipinski definition) is 2. The Balaban J connectivity index is 1.65. The lowest BCUT2D eigenvalue weighted by Gasteiger charge is -2.07. The predicted octanol–water partition coefficient (Wildman–Crippen LogP) is 3.81. The first kappa shape index (κ1) is 17.7. The van der Waals surface area contributed by atoms with Gasteiger partial charge in [0, 0.05) is 17.3 Å². The van der Waals surface area contributed by atoms with E-state index in [1.165, 1.54) is 35.1 Å². The van der Waals surface area contributed by atoms with Crippen molar-refractivity contribution in [3.8, 4) is 11.5 Å². The fraction of sp³-hybridized carbons (Fsp3) is 0.0588. The Morgan fingerprint density at radius 3 is 2.81 bits per heavy atom. The number of hydrogen-bond acceptors (Lipinski definition) is 4. The van der Waals surface area contributed by atoms with Gasteiger partial charge >= 0.3 is 0 Å². The molecule has 6 nitrogen and oxygen atoms in total. The van der Waals surface area contributed by atoms with E-state index in [2.05, 4.69) is 10.4 Å². The van der Waals surface area contributed by atoms with Crippen molar-refractivity contribution < 1.29 is 23.4 Å². The first-order valence-corrected chi connectivity index (χ1v) is 7.71. The number of anilines is 1. The van der Waals surface area contributed by atoms with Gasteiger partial charge < -0.3 is 15.2 Å². The average molecular weight is 380 g/mol. The molecule has 3 aromatic rings. The molecule has 26 heavy (non-hydrogen) atoms. The Bertz CT molecular complexity index is 962. The molecule has 1 aromatic heterocycles. The Kier molecular flexibility index (Phi) is 5.04. The van der Waals surface area contributed by atoms with Crippen molar-refractivity contribution in [3.63, 3.8) is 0 Å². The minimum atomic E-state index is -0.841. The van der Waals surface area contributed by atoms with Gasteiger partial charge in [0.15, 0.2) is 24.0 Å². The van der Waals surface area contributed by atoms with Crippen LogP contribution >= 0.6 is 11.6 Å². The maximum atomic E-state index is 13.5. The third-order valence-corrected chi connectivity index (χ3v) is 3.56. The Morgan fingerprint density at radius 2 is 2.04 bits per heavy atom. The second-order valence-electron chi connectivity index (χ2n) is 5.20. The molecule has 0 spiro atoms. The monoisotopic (exact) mass is 379 g/mol. The third-order valence-electron chi connectivity index (χ3n) is 3.33. The van der Waals surface area contributed by atoms with Crippen molar-refractivity contribution in [2.45, 2.75) is 6.73 Å². The number of carbonyl (C=O) groups is 1. The number of aromatic hydroxyl groups is 1. The Labute approximate surface area is 151 Å². The quantitative estimate of drug-likeness (QED) is 0.661. The van der Waals surface area contributed by atoms with Gasteiger partial charge in [-0.1, -0.05) is 11.6 Å². The number of aromatic nitrogens is 2. The van der Waals surface area contributed by atoms with Gasteiger partial charge in [-0.2, -0.15) is 5.10 Å². The van der Waals surface area contributed by atoms with Crippen molar-refractivity contribution in [1.29, 1.82) is 0 Å². The minimum absolute atomic E-state index is 0.0487. The van der Waals surface area contributed by atoms with E-state index in [4.69, 9.17) is 16.3 Å². The summed E-state index contributed by atoms with van der Waals surface area (Å²) in [6, 6.07) is 8.57. The van der Waals surface area contributed by atoms with Crippen molar-refractivity contribution in [3.05, 3.63) is 71.0 Å². The Morgan fingerprint density at radius 1 is 1.23 bits per heavy atom. The van der Waals surface area contributed by atoms with Crippen molar-refractivity contribution in [2.24, 2.45) is 0 Å². The lowest BCUT2D eigenvalue weighted by Crippen LogP contribution is -2.14. The summed E-state index contributed by atoms with van der Waals surface area (Å²) < 4.78 is 32.8. The zero-order valence-electron chi connectivity index (χ0n) is 13.1. The molecular formula is C17H12ClF2N3O3. The van der Waals surface area contributed by atoms with Gasteiger partial charge in [-0.15, -0.1) is 0 Å². The molecule has 0 saturated carbocycles. The molecule has 0 fully saturated rings. The van der Waals surface area contributed by atoms with Crippen LogP contribution in [0.4, 0.5) is 14.5 Å². The smallest absolute Gasteiger partial charge is 0.276 e. The van der Waals surface area contributed by atoms with Gasteiger partial charge in [-0.05, 0) is 36.4 Å². The van der Waals surface area contributed by atoms with E-state index in [0.29, 0.717) is 11.1 Å². The molecule has 1 heterocycles. The molecule has 0 aliphatic heterocycles. The lowest BCUT2D eigenvalue weighted by molar-refractivity contribution is 0.101. The van der Waals surface area contributed by atoms with E-state index in [1.54, 1.807) is 0 Å². The van der Waals surface area contributed by atoms with E-state index in [0.717, 1.165) is 12.1 Å². The summed E-state index contributed by atoms with van der Waals surface area (Å²) in [7, 11) is 0. The van der Waals surface area contributed by atoms with Crippen LogP contribution in [-0.2, 0) is 6.73 Å². The molecule has 9 heteroatoms. The summed E-state index contributed by atoms with van der Waals surface area (Å²) in [4.78, 5) is 12.2. The number of phenolic OH excluding ortho intramolecular Hbond substituents is 1. The van der Waals surface area contributed by atoms with E-state index >= 15 is 0 Å². The van der Waals surface area contributed by atoms with Gasteiger partial charge in [-0.25, -0.2) is 13.5 Å². The van der Waals surface area contributed by atoms with Crippen LogP contribution < -0.4 is 10.1 Å². The van der Waals surface area contributed by atoms with Crippen molar-refractivity contribution in [1.82, 2.24) is 9.78 Å². The molecule has 0 saturated heterocycles. The summed E-state index contributed by atoms with van der Waals surface area (Å²) in [6.45, 7) is -0.182. The SMILES string of the molecule is O=C(Nc1cc(Cl)ccc1O)c1ccn(COc2ccc(F)cc2F)n1. The topological polar surface area (TPSA) is 76.4 Å². The number of carbonyl (C=O) groups excluding carboxylic acids is 1. The number of phenols is 1. The number of rotatable bonds is 5. The van der Waals surface area contributed by atoms with Crippen LogP contribution in [-0.4, -0.2) is 20.8 Å². The summed E-state index contributed by atoms with van der Waals surface area (Å²) in [5.41, 5.74) is 0.189. The highest BCUT2D eigenvalue weighted by Crippen LogP contribution is 2.26. The van der Waals surface area contributed by atoms with Crippen LogP contribution in [0, 0.1) is 11.6 Å². The number of amides is 1. The normalized spacial score (nSPS) is 10.6. The average Bonchev–Trinajstić information content (AvgIpc) is 3.06. The molecule has 0 aliphatic rings. The highest BCUT2D eigenvalue weighted by atomic mass is 35.5. The molecule has 0 unspecified atom stereocenters. The highest BCUT2D eigenvalue weighted by Gasteiger charge is 2.13. The second-order valence-corrected chi connectivity index (χ2v) is 5.64. The third kappa shape index (κ3) is 4.09. The van der Waals surface area contributed by atoms with E-state index in [1.807, 2.05) is 0 Å². The van der Waals surface area contributed by atoms with Crippen molar-refractivity contribution in [2.75, 3.05) is 5.32 Å². The Hall–Kier alpha value is -3.13. The second kappa shape index (κ2) is 7.40. The summed E-state index contributed by atoms with van der Waals surface area (Å²) in [5, 5.41) is 16.5. The predicted molar refractivity (Wildman–Crippen MR) is 90.3 cm³/mol. The zero-order chi connectivity index (χ0) is 18.7. The number of halogens is 3. The maximum absolute atomic E-state index is 13.5. The molecule has 0 atom stereocenters. The molecule has 3 rings (SSSR count). The van der Waals surface area contributed by atoms with Gasteiger partial charge in [0.2, 0.25) is 0 Å². The number of nitrogens with zero attached hydrogens (tertiary/aromatic N) is 2. The van der Waals surface area contributed by atoms with Gasteiger partial charge in [-0.3, -0.25) is 4.79 Å². The van der Waals surface area contributed by atoms with Crippen LogP contribution in [0.1, 0.15) is 10.5 Å². The molecule has 2 aromatic carbocycles. The molecule has 1 amide bonds. The fourth-order valence-corrected chi connectivity index (χ4v) is 2.25. The zero-order valence-corrected chi connectivity index (χ0v) is 13.9. The first-order chi connectivity index (χ1) is 12.4. The van der Waals surface area contributed by atoms with Crippen LogP contribution in [0.15, 0.2) is 48.7 Å². The molecule has 0 bridgehead atoms. The van der Waals surface area contributed by atoms with E-state index < -0.39 is 17.5 Å². The summed E-state index contributed by atoms with van der Waals surface area (Å²) in [6.07, 6.45) is 1.45. The van der Waals surface area contributed by atoms with Crippen molar-refractivity contribution >= 4 is 23.2 Å². The van der Waals surface area contributed by atoms with Gasteiger partial charge in [0.25, 0.3) is 5.91 Å². The lowest BCUT2D eigenvalue weighted by atomic mass is 10.3. The maximum Gasteiger partial charge on any atom is 0.276 e. The first-order valence-electron chi connectivity index (χ1n) is 7.33. The van der Waals surface area contributed by atoms with Crippen LogP contribution in [0.2, 0.25) is 5.02 Å². The number of benzene rings is 2. The molecular weight excluding hydrogens is 368 g/mol. The molecule has 134 valence electrons. The highest BCUT2D eigenvalue weighted by molar-refractivity contribution is 6.31. The van der Waals surface area contributed by atoms with Crippen LogP contribution in [0.3, 0.4) is 0 Å². The summed E-state index contributed by atoms with van der Waals surface area (Å²) >= 11 is 5.82. The minimum Gasteiger partial charge on any atom is -0.506 e. The van der Waals surface area contributed by atoms with E-state index in [9.17, 15) is 18.7 Å². The van der Waals surface area contributed by atoms with Crippen LogP contribution in [0.5, 0.6) is 11.5 Å². The standard InChI is InChI=1S/C17H12ClF2N3O3/c18-10-1-3-15(24)14(7-10)21-17(25)13-5-6-23(22-13)9-26-16-4-2-11(19)8-12(16)20/h1-8,24H,9H2,(H,21,25).